The zero-order chi connectivity index (χ0) is 26.8. The lowest BCUT2D eigenvalue weighted by molar-refractivity contribution is -0.148. The Morgan fingerprint density at radius 2 is 1.76 bits per heavy atom. The number of piperidine rings is 1. The molecule has 2 aromatic carbocycles. The Morgan fingerprint density at radius 1 is 1.11 bits per heavy atom. The summed E-state index contributed by atoms with van der Waals surface area (Å²) in [5.41, 5.74) is 7.31. The average Bonchev–Trinajstić information content (AvgIpc) is 3.13. The van der Waals surface area contributed by atoms with Gasteiger partial charge in [0.05, 0.1) is 23.7 Å². The van der Waals surface area contributed by atoms with E-state index in [1.165, 1.54) is 5.01 Å². The molecule has 2 aromatic rings. The van der Waals surface area contributed by atoms with Crippen LogP contribution in [0.1, 0.15) is 43.4 Å². The maximum atomic E-state index is 14.1. The van der Waals surface area contributed by atoms with Crippen LogP contribution in [-0.2, 0) is 33.8 Å². The summed E-state index contributed by atoms with van der Waals surface area (Å²) in [5.74, 6) is -1.53. The van der Waals surface area contributed by atoms with Crippen molar-refractivity contribution in [2.45, 2.75) is 46.1 Å². The van der Waals surface area contributed by atoms with Gasteiger partial charge in [-0.05, 0) is 36.0 Å². The van der Waals surface area contributed by atoms with Gasteiger partial charge in [0, 0.05) is 26.6 Å². The number of amides is 3. The van der Waals surface area contributed by atoms with Crippen LogP contribution in [-0.4, -0.2) is 58.6 Å². The quantitative estimate of drug-likeness (QED) is 0.546. The summed E-state index contributed by atoms with van der Waals surface area (Å²) in [7, 11) is 1.66. The minimum absolute atomic E-state index is 0.0974. The zero-order valence-electron chi connectivity index (χ0n) is 21.8. The highest BCUT2D eigenvalue weighted by Crippen LogP contribution is 2.40. The molecule has 2 heterocycles. The number of hydrazone groups is 1. The summed E-state index contributed by atoms with van der Waals surface area (Å²) in [6.07, 6.45) is 1.85. The molecule has 0 aromatic heterocycles. The maximum Gasteiger partial charge on any atom is 0.256 e. The number of carbonyl (C=O) groups excluding carboxylic acids is 3. The van der Waals surface area contributed by atoms with Crippen molar-refractivity contribution < 1.29 is 19.5 Å². The number of aliphatic hydroxyl groups excluding tert-OH is 1. The largest absolute Gasteiger partial charge is 0.392 e. The Bertz CT molecular complexity index is 1210. The van der Waals surface area contributed by atoms with E-state index in [2.05, 4.69) is 5.10 Å². The first-order valence-corrected chi connectivity index (χ1v) is 12.8. The van der Waals surface area contributed by atoms with Crippen molar-refractivity contribution in [1.82, 2.24) is 9.91 Å². The highest BCUT2D eigenvalue weighted by molar-refractivity contribution is 6.13. The number of nitrogens with two attached hydrogens (primary N) is 1. The second-order valence-corrected chi connectivity index (χ2v) is 10.7. The van der Waals surface area contributed by atoms with Gasteiger partial charge in [0.15, 0.2) is 0 Å². The summed E-state index contributed by atoms with van der Waals surface area (Å²) in [6.45, 7) is 3.96. The second kappa shape index (κ2) is 10.5. The molecule has 4 rings (SSSR count). The molecule has 0 unspecified atom stereocenters. The van der Waals surface area contributed by atoms with Crippen LogP contribution in [0.15, 0.2) is 59.7 Å². The topological polar surface area (TPSA) is 116 Å². The number of hydrogen-bond acceptors (Lipinski definition) is 5. The molecule has 3 amide bonds. The molecule has 0 aliphatic carbocycles. The summed E-state index contributed by atoms with van der Waals surface area (Å²) < 4.78 is 0. The van der Waals surface area contributed by atoms with Gasteiger partial charge in [-0.25, -0.2) is 5.01 Å². The Kier molecular flexibility index (Phi) is 7.50. The van der Waals surface area contributed by atoms with Crippen molar-refractivity contribution in [2.75, 3.05) is 20.1 Å². The number of fused-ring (bicyclic) bond motifs is 1. The molecule has 1 fully saturated rings. The Morgan fingerprint density at radius 3 is 2.41 bits per heavy atom. The number of aliphatic hydroxyl groups is 1. The standard InChI is InChI=1S/C29H36N4O4/c1-28(2,26(30)36)23(14-13-21-11-7-8-12-22(21)18-34)25(35)33-16-15-24-29(19-33,27(37)32(3)31-24)17-20-9-5-4-6-10-20/h4-12,23,34H,13-19H2,1-3H3,(H2,30,36)/t23-,29+/m0/s1. The van der Waals surface area contributed by atoms with Gasteiger partial charge in [0.25, 0.3) is 5.91 Å². The molecule has 1 saturated heterocycles. The van der Waals surface area contributed by atoms with E-state index in [1.54, 1.807) is 25.8 Å². The third-order valence-corrected chi connectivity index (χ3v) is 8.06. The second-order valence-electron chi connectivity index (χ2n) is 10.7. The van der Waals surface area contributed by atoms with E-state index in [9.17, 15) is 19.5 Å². The van der Waals surface area contributed by atoms with Crippen LogP contribution in [0.4, 0.5) is 0 Å². The summed E-state index contributed by atoms with van der Waals surface area (Å²) in [4.78, 5) is 41.8. The summed E-state index contributed by atoms with van der Waals surface area (Å²) in [5, 5.41) is 15.7. The van der Waals surface area contributed by atoms with Gasteiger partial charge >= 0.3 is 0 Å². The Balaban J connectivity index is 1.63. The summed E-state index contributed by atoms with van der Waals surface area (Å²) >= 11 is 0. The van der Waals surface area contributed by atoms with E-state index in [0.717, 1.165) is 22.4 Å². The smallest absolute Gasteiger partial charge is 0.256 e. The van der Waals surface area contributed by atoms with Crippen LogP contribution in [0.3, 0.4) is 0 Å². The third kappa shape index (κ3) is 5.03. The number of primary amides is 1. The molecule has 3 N–H and O–H groups in total. The van der Waals surface area contributed by atoms with Crippen molar-refractivity contribution in [3.63, 3.8) is 0 Å². The molecule has 8 heteroatoms. The predicted molar refractivity (Wildman–Crippen MR) is 141 cm³/mol. The molecule has 2 aliphatic heterocycles. The van der Waals surface area contributed by atoms with Gasteiger partial charge in [-0.3, -0.25) is 14.4 Å². The van der Waals surface area contributed by atoms with E-state index in [-0.39, 0.29) is 25.0 Å². The highest BCUT2D eigenvalue weighted by Gasteiger charge is 2.54. The molecular weight excluding hydrogens is 468 g/mol. The zero-order valence-corrected chi connectivity index (χ0v) is 21.8. The average molecular weight is 505 g/mol. The van der Waals surface area contributed by atoms with E-state index in [4.69, 9.17) is 5.73 Å². The molecule has 0 bridgehead atoms. The molecule has 0 spiro atoms. The number of nitrogens with zero attached hydrogens (tertiary/aromatic N) is 3. The summed E-state index contributed by atoms with van der Waals surface area (Å²) in [6, 6.07) is 17.3. The highest BCUT2D eigenvalue weighted by atomic mass is 16.3. The van der Waals surface area contributed by atoms with Gasteiger partial charge in [0.1, 0.15) is 5.41 Å². The van der Waals surface area contributed by atoms with Crippen LogP contribution >= 0.6 is 0 Å². The van der Waals surface area contributed by atoms with Crippen molar-refractivity contribution in [1.29, 1.82) is 0 Å². The lowest BCUT2D eigenvalue weighted by Crippen LogP contribution is -2.58. The predicted octanol–water partition coefficient (Wildman–Crippen LogP) is 2.53. The lowest BCUT2D eigenvalue weighted by Gasteiger charge is -2.42. The van der Waals surface area contributed by atoms with E-state index in [1.807, 2.05) is 54.6 Å². The molecule has 196 valence electrons. The molecule has 37 heavy (non-hydrogen) atoms. The van der Waals surface area contributed by atoms with Crippen LogP contribution in [0, 0.1) is 16.7 Å². The minimum Gasteiger partial charge on any atom is -0.392 e. The first-order valence-electron chi connectivity index (χ1n) is 12.8. The first kappa shape index (κ1) is 26.5. The van der Waals surface area contributed by atoms with Crippen LogP contribution in [0.5, 0.6) is 0 Å². The van der Waals surface area contributed by atoms with Crippen molar-refractivity contribution in [3.8, 4) is 0 Å². The van der Waals surface area contributed by atoms with Crippen molar-refractivity contribution >= 4 is 23.4 Å². The number of likely N-dealkylation sites (tertiary alicyclic amines) is 1. The SMILES string of the molecule is CN1N=C2CCN(C(=O)[C@H](CCc3ccccc3CO)C(C)(C)C(N)=O)C[C@@]2(Cc2ccccc2)C1=O. The monoisotopic (exact) mass is 504 g/mol. The molecule has 2 atom stereocenters. The van der Waals surface area contributed by atoms with E-state index >= 15 is 0 Å². The normalized spacial score (nSPS) is 20.4. The van der Waals surface area contributed by atoms with Crippen LogP contribution in [0.2, 0.25) is 0 Å². The number of benzene rings is 2. The molecule has 0 saturated carbocycles. The number of carbonyl (C=O) groups is 3. The number of hydrogen-bond donors (Lipinski definition) is 2. The van der Waals surface area contributed by atoms with Gasteiger partial charge < -0.3 is 15.7 Å². The van der Waals surface area contributed by atoms with Gasteiger partial charge in [-0.1, -0.05) is 68.4 Å². The van der Waals surface area contributed by atoms with Crippen LogP contribution in [0.25, 0.3) is 0 Å². The Hall–Kier alpha value is -3.52. The molecule has 8 nitrogen and oxygen atoms in total. The lowest BCUT2D eigenvalue weighted by atomic mass is 9.71. The van der Waals surface area contributed by atoms with Gasteiger partial charge in [-0.15, -0.1) is 0 Å². The number of rotatable bonds is 9. The van der Waals surface area contributed by atoms with E-state index in [0.29, 0.717) is 32.2 Å². The maximum absolute atomic E-state index is 14.1. The van der Waals surface area contributed by atoms with Crippen LogP contribution < -0.4 is 5.73 Å². The van der Waals surface area contributed by atoms with Crippen molar-refractivity contribution in [2.24, 2.45) is 27.6 Å². The third-order valence-electron chi connectivity index (χ3n) is 8.06. The Labute approximate surface area is 218 Å². The minimum atomic E-state index is -1.09. The fourth-order valence-corrected chi connectivity index (χ4v) is 5.66. The van der Waals surface area contributed by atoms with Gasteiger partial charge in [-0.2, -0.15) is 5.10 Å². The molecule has 2 aliphatic rings. The molecular formula is C29H36N4O4. The fraction of sp³-hybridized carbons (Fsp3) is 0.448. The number of aryl methyl sites for hydroxylation is 1. The van der Waals surface area contributed by atoms with E-state index < -0.39 is 22.7 Å². The molecule has 0 radical (unpaired) electrons. The van der Waals surface area contributed by atoms with Crippen molar-refractivity contribution in [3.05, 3.63) is 71.3 Å². The first-order chi connectivity index (χ1) is 17.6. The van der Waals surface area contributed by atoms with Gasteiger partial charge in [0.2, 0.25) is 11.8 Å². The fourth-order valence-electron chi connectivity index (χ4n) is 5.66.